The number of hydrogen-bond acceptors (Lipinski definition) is 1. The molecule has 0 saturated heterocycles. The summed E-state index contributed by atoms with van der Waals surface area (Å²) in [5.41, 5.74) is 10.4. The summed E-state index contributed by atoms with van der Waals surface area (Å²) in [5, 5.41) is 2.57. The molecule has 1 N–H and O–H groups in total. The third kappa shape index (κ3) is 3.18. The summed E-state index contributed by atoms with van der Waals surface area (Å²) < 4.78 is 0. The van der Waals surface area contributed by atoms with E-state index in [2.05, 4.69) is 140 Å². The SMILES string of the molecule is CC(C)(C)c1ccccc1N1c2ccccc2C2C=C(c3ccc4[nH]c5ccccc5c4c3)C=CC21. The Labute approximate surface area is 212 Å². The molecule has 2 aliphatic rings. The molecule has 36 heavy (non-hydrogen) atoms. The molecule has 0 saturated carbocycles. The van der Waals surface area contributed by atoms with E-state index in [0.717, 1.165) is 0 Å². The van der Waals surface area contributed by atoms with E-state index >= 15 is 0 Å². The first-order chi connectivity index (χ1) is 17.5. The summed E-state index contributed by atoms with van der Waals surface area (Å²) in [6.07, 6.45) is 7.23. The van der Waals surface area contributed by atoms with Crippen LogP contribution in [0.5, 0.6) is 0 Å². The second-order valence-corrected chi connectivity index (χ2v) is 11.1. The van der Waals surface area contributed by atoms with Crippen molar-refractivity contribution in [3.05, 3.63) is 126 Å². The Morgan fingerprint density at radius 3 is 2.31 bits per heavy atom. The first kappa shape index (κ1) is 21.3. The highest BCUT2D eigenvalue weighted by Gasteiger charge is 2.39. The van der Waals surface area contributed by atoms with Crippen LogP contribution in [0.4, 0.5) is 11.4 Å². The average molecular weight is 467 g/mol. The lowest BCUT2D eigenvalue weighted by atomic mass is 9.84. The van der Waals surface area contributed by atoms with Gasteiger partial charge in [-0.25, -0.2) is 0 Å². The Hall–Kier alpha value is -4.04. The summed E-state index contributed by atoms with van der Waals surface area (Å²) in [7, 11) is 0. The molecule has 1 aromatic heterocycles. The number of hydrogen-bond donors (Lipinski definition) is 1. The number of fused-ring (bicyclic) bond motifs is 6. The minimum absolute atomic E-state index is 0.0672. The maximum absolute atomic E-state index is 3.56. The van der Waals surface area contributed by atoms with E-state index in [-0.39, 0.29) is 11.5 Å². The smallest absolute Gasteiger partial charge is 0.0630 e. The zero-order valence-electron chi connectivity index (χ0n) is 21.0. The van der Waals surface area contributed by atoms with E-state index in [9.17, 15) is 0 Å². The van der Waals surface area contributed by atoms with Crippen molar-refractivity contribution in [3.63, 3.8) is 0 Å². The molecule has 0 fully saturated rings. The number of allylic oxidation sites excluding steroid dienone is 2. The highest BCUT2D eigenvalue weighted by atomic mass is 15.2. The summed E-state index contributed by atoms with van der Waals surface area (Å²) in [4.78, 5) is 6.12. The standard InChI is InChI=1S/C34H30N2/c1-34(2,3)28-12-6-9-15-33(28)36-31-14-8-5-11-25(31)27-21-23(17-19-32(27)36)22-16-18-30-26(20-22)24-10-4-7-13-29(24)35-30/h4-21,27,32,35H,1-3H3. The number of rotatable bonds is 2. The molecule has 0 bridgehead atoms. The van der Waals surface area contributed by atoms with Gasteiger partial charge in [0.25, 0.3) is 0 Å². The van der Waals surface area contributed by atoms with Crippen molar-refractivity contribution < 1.29 is 0 Å². The molecule has 176 valence electrons. The lowest BCUT2D eigenvalue weighted by Gasteiger charge is -2.34. The number of aromatic nitrogens is 1. The zero-order valence-corrected chi connectivity index (χ0v) is 21.0. The molecule has 0 spiro atoms. The predicted octanol–water partition coefficient (Wildman–Crippen LogP) is 8.88. The summed E-state index contributed by atoms with van der Waals surface area (Å²) >= 11 is 0. The minimum Gasteiger partial charge on any atom is -0.355 e. The first-order valence-electron chi connectivity index (χ1n) is 12.9. The number of nitrogens with zero attached hydrogens (tertiary/aromatic N) is 1. The van der Waals surface area contributed by atoms with Crippen LogP contribution in [0.25, 0.3) is 27.4 Å². The largest absolute Gasteiger partial charge is 0.355 e. The van der Waals surface area contributed by atoms with Gasteiger partial charge in [-0.1, -0.05) is 99.7 Å². The van der Waals surface area contributed by atoms with E-state index < -0.39 is 0 Å². The second-order valence-electron chi connectivity index (χ2n) is 11.1. The highest BCUT2D eigenvalue weighted by molar-refractivity contribution is 6.08. The zero-order chi connectivity index (χ0) is 24.4. The number of aromatic amines is 1. The van der Waals surface area contributed by atoms with Crippen LogP contribution in [-0.4, -0.2) is 11.0 Å². The van der Waals surface area contributed by atoms with Crippen molar-refractivity contribution in [1.29, 1.82) is 0 Å². The van der Waals surface area contributed by atoms with E-state index in [0.29, 0.717) is 5.92 Å². The van der Waals surface area contributed by atoms with Crippen LogP contribution in [0, 0.1) is 0 Å². The lowest BCUT2D eigenvalue weighted by Crippen LogP contribution is -2.31. The molecular formula is C34H30N2. The first-order valence-corrected chi connectivity index (χ1v) is 12.9. The van der Waals surface area contributed by atoms with Gasteiger partial charge < -0.3 is 9.88 Å². The van der Waals surface area contributed by atoms with Crippen molar-refractivity contribution in [3.8, 4) is 0 Å². The number of benzene rings is 4. The van der Waals surface area contributed by atoms with Gasteiger partial charge in [-0.2, -0.15) is 0 Å². The normalized spacial score (nSPS) is 19.0. The van der Waals surface area contributed by atoms with E-state index in [1.54, 1.807) is 0 Å². The topological polar surface area (TPSA) is 19.0 Å². The Bertz CT molecular complexity index is 1690. The minimum atomic E-state index is 0.0672. The molecule has 2 unspecified atom stereocenters. The van der Waals surface area contributed by atoms with Crippen LogP contribution in [0.3, 0.4) is 0 Å². The predicted molar refractivity (Wildman–Crippen MR) is 153 cm³/mol. The summed E-state index contributed by atoms with van der Waals surface area (Å²) in [6, 6.07) is 33.5. The molecule has 2 heteroatoms. The van der Waals surface area contributed by atoms with Crippen molar-refractivity contribution in [2.45, 2.75) is 38.1 Å². The molecule has 2 heterocycles. The van der Waals surface area contributed by atoms with Crippen LogP contribution < -0.4 is 4.90 Å². The number of nitrogens with one attached hydrogen (secondary N) is 1. The van der Waals surface area contributed by atoms with Gasteiger partial charge in [0.1, 0.15) is 0 Å². The third-order valence-corrected chi connectivity index (χ3v) is 7.86. The molecule has 5 aromatic rings. The Morgan fingerprint density at radius 1 is 0.722 bits per heavy atom. The van der Waals surface area contributed by atoms with Gasteiger partial charge in [0.05, 0.1) is 6.04 Å². The molecule has 1 aliphatic carbocycles. The molecule has 2 atom stereocenters. The summed E-state index contributed by atoms with van der Waals surface area (Å²) in [6.45, 7) is 6.92. The van der Waals surface area contributed by atoms with Gasteiger partial charge in [-0.05, 0) is 58.0 Å². The van der Waals surface area contributed by atoms with Gasteiger partial charge >= 0.3 is 0 Å². The van der Waals surface area contributed by atoms with Gasteiger partial charge in [-0.15, -0.1) is 0 Å². The van der Waals surface area contributed by atoms with Gasteiger partial charge in [0, 0.05) is 39.1 Å². The van der Waals surface area contributed by atoms with Crippen LogP contribution in [0.15, 0.2) is 109 Å². The molecule has 4 aromatic carbocycles. The maximum atomic E-state index is 3.56. The molecule has 0 radical (unpaired) electrons. The number of anilines is 2. The van der Waals surface area contributed by atoms with Crippen molar-refractivity contribution >= 4 is 38.8 Å². The van der Waals surface area contributed by atoms with Crippen LogP contribution in [-0.2, 0) is 5.41 Å². The van der Waals surface area contributed by atoms with Gasteiger partial charge in [-0.3, -0.25) is 0 Å². The Balaban J connectivity index is 1.35. The van der Waals surface area contributed by atoms with Gasteiger partial charge in [0.2, 0.25) is 0 Å². The molecule has 7 rings (SSSR count). The lowest BCUT2D eigenvalue weighted by molar-refractivity contribution is 0.587. The average Bonchev–Trinajstić information content (AvgIpc) is 3.43. The van der Waals surface area contributed by atoms with Crippen molar-refractivity contribution in [2.75, 3.05) is 4.90 Å². The van der Waals surface area contributed by atoms with Crippen molar-refractivity contribution in [1.82, 2.24) is 4.98 Å². The third-order valence-electron chi connectivity index (χ3n) is 7.86. The van der Waals surface area contributed by atoms with E-state index in [1.807, 2.05) is 0 Å². The van der Waals surface area contributed by atoms with Crippen LogP contribution in [0.1, 0.15) is 43.4 Å². The van der Waals surface area contributed by atoms with E-state index in [1.165, 1.54) is 55.4 Å². The van der Waals surface area contributed by atoms with Crippen LogP contribution >= 0.6 is 0 Å². The van der Waals surface area contributed by atoms with Crippen LogP contribution in [0.2, 0.25) is 0 Å². The second kappa shape index (κ2) is 7.73. The Kier molecular flexibility index (Phi) is 4.56. The molecule has 2 nitrogen and oxygen atoms in total. The number of H-pyrrole nitrogens is 1. The maximum Gasteiger partial charge on any atom is 0.0630 e. The van der Waals surface area contributed by atoms with E-state index in [4.69, 9.17) is 0 Å². The molecule has 0 amide bonds. The molecular weight excluding hydrogens is 436 g/mol. The fourth-order valence-electron chi connectivity index (χ4n) is 6.17. The van der Waals surface area contributed by atoms with Gasteiger partial charge in [0.15, 0.2) is 0 Å². The molecule has 1 aliphatic heterocycles. The fourth-order valence-corrected chi connectivity index (χ4v) is 6.17. The Morgan fingerprint density at radius 2 is 1.44 bits per heavy atom. The number of para-hydroxylation sites is 3. The highest BCUT2D eigenvalue weighted by Crippen LogP contribution is 2.51. The quantitative estimate of drug-likeness (QED) is 0.275. The van der Waals surface area contributed by atoms with Crippen molar-refractivity contribution in [2.24, 2.45) is 0 Å². The summed E-state index contributed by atoms with van der Waals surface area (Å²) in [5.74, 6) is 0.313. The fraction of sp³-hybridized carbons (Fsp3) is 0.176. The monoisotopic (exact) mass is 466 g/mol.